The summed E-state index contributed by atoms with van der Waals surface area (Å²) >= 11 is 5.71. The Kier molecular flexibility index (Phi) is 5.95. The molecule has 20 heavy (non-hydrogen) atoms. The number of amides is 1. The van der Waals surface area contributed by atoms with Gasteiger partial charge in [-0.25, -0.2) is 0 Å². The minimum Gasteiger partial charge on any atom is -0.460 e. The maximum absolute atomic E-state index is 11.6. The van der Waals surface area contributed by atoms with Crippen molar-refractivity contribution in [1.29, 1.82) is 0 Å². The van der Waals surface area contributed by atoms with E-state index in [1.807, 2.05) is 0 Å². The molecule has 1 aromatic heterocycles. The van der Waals surface area contributed by atoms with Crippen molar-refractivity contribution in [3.63, 3.8) is 0 Å². The third-order valence-electron chi connectivity index (χ3n) is 2.23. The monoisotopic (exact) mass is 298 g/mol. The molecule has 0 fully saturated rings. The summed E-state index contributed by atoms with van der Waals surface area (Å²) in [5, 5.41) is 3.23. The lowest BCUT2D eigenvalue weighted by Crippen LogP contribution is -2.27. The average molecular weight is 299 g/mol. The molecule has 0 unspecified atom stereocenters. The molecule has 1 heterocycles. The molecule has 0 radical (unpaired) electrons. The second-order valence-corrected chi connectivity index (χ2v) is 5.77. The van der Waals surface area contributed by atoms with Crippen LogP contribution in [0, 0.1) is 0 Å². The van der Waals surface area contributed by atoms with E-state index in [-0.39, 0.29) is 24.7 Å². The van der Waals surface area contributed by atoms with Crippen LogP contribution < -0.4 is 5.32 Å². The van der Waals surface area contributed by atoms with E-state index in [4.69, 9.17) is 16.3 Å². The number of rotatable bonds is 5. The number of nitrogens with one attached hydrogen (secondary N) is 1. The van der Waals surface area contributed by atoms with Crippen molar-refractivity contribution >= 4 is 23.5 Å². The summed E-state index contributed by atoms with van der Waals surface area (Å²) in [6, 6.07) is 3.44. The van der Waals surface area contributed by atoms with Crippen molar-refractivity contribution < 1.29 is 14.3 Å². The molecule has 0 saturated carbocycles. The van der Waals surface area contributed by atoms with Crippen LogP contribution in [0.15, 0.2) is 18.3 Å². The lowest BCUT2D eigenvalue weighted by Gasteiger charge is -2.19. The highest BCUT2D eigenvalue weighted by Gasteiger charge is 2.16. The molecule has 110 valence electrons. The van der Waals surface area contributed by atoms with E-state index in [0.29, 0.717) is 17.3 Å². The van der Waals surface area contributed by atoms with Crippen molar-refractivity contribution in [2.45, 2.75) is 45.8 Å². The van der Waals surface area contributed by atoms with E-state index in [9.17, 15) is 9.59 Å². The minimum absolute atomic E-state index is 0.0666. The van der Waals surface area contributed by atoms with Crippen LogP contribution in [0.2, 0.25) is 5.02 Å². The predicted octanol–water partition coefficient (Wildman–Crippen LogP) is 2.47. The van der Waals surface area contributed by atoms with Gasteiger partial charge in [-0.3, -0.25) is 14.6 Å². The zero-order valence-corrected chi connectivity index (χ0v) is 12.7. The highest BCUT2D eigenvalue weighted by atomic mass is 35.5. The molecule has 1 N–H and O–H groups in total. The topological polar surface area (TPSA) is 68.3 Å². The van der Waals surface area contributed by atoms with Crippen LogP contribution >= 0.6 is 11.6 Å². The van der Waals surface area contributed by atoms with Crippen molar-refractivity contribution in [3.05, 3.63) is 29.0 Å². The number of aromatic nitrogens is 1. The fraction of sp³-hybridized carbons (Fsp3) is 0.500. The molecule has 0 aliphatic heterocycles. The largest absolute Gasteiger partial charge is 0.460 e. The Morgan fingerprint density at radius 1 is 1.30 bits per heavy atom. The van der Waals surface area contributed by atoms with E-state index < -0.39 is 5.60 Å². The summed E-state index contributed by atoms with van der Waals surface area (Å²) in [4.78, 5) is 27.1. The molecule has 6 heteroatoms. The first kappa shape index (κ1) is 16.4. The molecule has 0 saturated heterocycles. The Bertz CT molecular complexity index is 466. The zero-order chi connectivity index (χ0) is 15.2. The lowest BCUT2D eigenvalue weighted by atomic mass is 10.2. The molecule has 0 atom stereocenters. The van der Waals surface area contributed by atoms with Gasteiger partial charge in [0.25, 0.3) is 0 Å². The second-order valence-electron chi connectivity index (χ2n) is 5.33. The SMILES string of the molecule is CC(C)(C)OC(=O)CCC(=O)NCc1ccc(Cl)cn1. The van der Waals surface area contributed by atoms with Crippen molar-refractivity contribution in [2.75, 3.05) is 0 Å². The Balaban J connectivity index is 2.27. The summed E-state index contributed by atoms with van der Waals surface area (Å²) in [6.07, 6.45) is 1.68. The van der Waals surface area contributed by atoms with Gasteiger partial charge in [0.2, 0.25) is 5.91 Å². The first-order valence-corrected chi connectivity index (χ1v) is 6.73. The van der Waals surface area contributed by atoms with Crippen LogP contribution in [0.1, 0.15) is 39.3 Å². The van der Waals surface area contributed by atoms with E-state index in [1.54, 1.807) is 32.9 Å². The van der Waals surface area contributed by atoms with E-state index >= 15 is 0 Å². The van der Waals surface area contributed by atoms with Gasteiger partial charge in [-0.05, 0) is 32.9 Å². The molecule has 1 amide bonds. The van der Waals surface area contributed by atoms with E-state index in [2.05, 4.69) is 10.3 Å². The standard InChI is InChI=1S/C14H19ClN2O3/c1-14(2,3)20-13(19)7-6-12(18)17-9-11-5-4-10(15)8-16-11/h4-5,8H,6-7,9H2,1-3H3,(H,17,18). The highest BCUT2D eigenvalue weighted by Crippen LogP contribution is 2.09. The number of halogens is 1. The van der Waals surface area contributed by atoms with Crippen LogP contribution in [0.3, 0.4) is 0 Å². The van der Waals surface area contributed by atoms with Gasteiger partial charge in [-0.2, -0.15) is 0 Å². The number of hydrogen-bond donors (Lipinski definition) is 1. The van der Waals surface area contributed by atoms with Crippen molar-refractivity contribution in [3.8, 4) is 0 Å². The predicted molar refractivity (Wildman–Crippen MR) is 76.2 cm³/mol. The Morgan fingerprint density at radius 2 is 2.00 bits per heavy atom. The maximum atomic E-state index is 11.6. The number of esters is 1. The van der Waals surface area contributed by atoms with Crippen LogP contribution in [0.4, 0.5) is 0 Å². The third-order valence-corrected chi connectivity index (χ3v) is 2.46. The number of pyridine rings is 1. The Labute approximate surface area is 123 Å². The number of ether oxygens (including phenoxy) is 1. The highest BCUT2D eigenvalue weighted by molar-refractivity contribution is 6.30. The molecule has 1 aromatic rings. The summed E-state index contributed by atoms with van der Waals surface area (Å²) in [7, 11) is 0. The molecular formula is C14H19ClN2O3. The van der Waals surface area contributed by atoms with Gasteiger partial charge in [0.1, 0.15) is 5.60 Å². The summed E-state index contributed by atoms with van der Waals surface area (Å²) in [5.41, 5.74) is 0.181. The molecule has 0 spiro atoms. The van der Waals surface area contributed by atoms with Crippen LogP contribution in [-0.2, 0) is 20.9 Å². The lowest BCUT2D eigenvalue weighted by molar-refractivity contribution is -0.155. The van der Waals surface area contributed by atoms with Gasteiger partial charge >= 0.3 is 5.97 Å². The summed E-state index contributed by atoms with van der Waals surface area (Å²) in [6.45, 7) is 5.68. The van der Waals surface area contributed by atoms with Crippen LogP contribution in [-0.4, -0.2) is 22.5 Å². The summed E-state index contributed by atoms with van der Waals surface area (Å²) < 4.78 is 5.12. The van der Waals surface area contributed by atoms with Gasteiger partial charge in [-0.15, -0.1) is 0 Å². The minimum atomic E-state index is -0.527. The van der Waals surface area contributed by atoms with Gasteiger partial charge < -0.3 is 10.1 Å². The molecule has 0 bridgehead atoms. The molecule has 0 aliphatic rings. The van der Waals surface area contributed by atoms with Gasteiger partial charge in [0.15, 0.2) is 0 Å². The van der Waals surface area contributed by atoms with Crippen molar-refractivity contribution in [2.24, 2.45) is 0 Å². The molecular weight excluding hydrogens is 280 g/mol. The number of carbonyl (C=O) groups is 2. The zero-order valence-electron chi connectivity index (χ0n) is 11.9. The number of hydrogen-bond acceptors (Lipinski definition) is 4. The van der Waals surface area contributed by atoms with E-state index in [0.717, 1.165) is 0 Å². The van der Waals surface area contributed by atoms with Crippen molar-refractivity contribution in [1.82, 2.24) is 10.3 Å². The van der Waals surface area contributed by atoms with Gasteiger partial charge in [-0.1, -0.05) is 11.6 Å². The molecule has 0 aromatic carbocycles. The maximum Gasteiger partial charge on any atom is 0.306 e. The van der Waals surface area contributed by atoms with Crippen LogP contribution in [0.5, 0.6) is 0 Å². The van der Waals surface area contributed by atoms with Gasteiger partial charge in [0.05, 0.1) is 23.7 Å². The Hall–Kier alpha value is -1.62. The number of nitrogens with zero attached hydrogens (tertiary/aromatic N) is 1. The molecule has 5 nitrogen and oxygen atoms in total. The van der Waals surface area contributed by atoms with E-state index in [1.165, 1.54) is 6.20 Å². The normalized spacial score (nSPS) is 11.0. The number of carbonyl (C=O) groups excluding carboxylic acids is 2. The molecule has 1 rings (SSSR count). The smallest absolute Gasteiger partial charge is 0.306 e. The fourth-order valence-corrected chi connectivity index (χ4v) is 1.51. The fourth-order valence-electron chi connectivity index (χ4n) is 1.40. The first-order chi connectivity index (χ1) is 9.26. The summed E-state index contributed by atoms with van der Waals surface area (Å²) in [5.74, 6) is -0.593. The second kappa shape index (κ2) is 7.24. The average Bonchev–Trinajstić information content (AvgIpc) is 2.33. The first-order valence-electron chi connectivity index (χ1n) is 6.35. The van der Waals surface area contributed by atoms with Crippen LogP contribution in [0.25, 0.3) is 0 Å². The molecule has 0 aliphatic carbocycles. The quantitative estimate of drug-likeness (QED) is 0.848. The third kappa shape index (κ3) is 7.09. The van der Waals surface area contributed by atoms with Gasteiger partial charge in [0, 0.05) is 12.6 Å². The Morgan fingerprint density at radius 3 is 2.55 bits per heavy atom.